The molecule has 4 aromatic rings. The van der Waals surface area contributed by atoms with Crippen LogP contribution in [0, 0.1) is 6.92 Å². The summed E-state index contributed by atoms with van der Waals surface area (Å²) in [5.74, 6) is 0. The highest BCUT2D eigenvalue weighted by Gasteiger charge is 2.39. The average Bonchev–Trinajstić information content (AvgIpc) is 3.09. The minimum atomic E-state index is -4.96. The first-order valence-electron chi connectivity index (χ1n) is 10.4. The highest BCUT2D eigenvalue weighted by molar-refractivity contribution is 6.01. The molecule has 0 aliphatic rings. The Hall–Kier alpha value is -3.07. The predicted molar refractivity (Wildman–Crippen MR) is 116 cm³/mol. The second-order valence-corrected chi connectivity index (χ2v) is 7.99. The number of hydrogen-bond acceptors (Lipinski definition) is 2. The predicted octanol–water partition coefficient (Wildman–Crippen LogP) is 7.01. The van der Waals surface area contributed by atoms with E-state index >= 15 is 0 Å². The van der Waals surface area contributed by atoms with Crippen LogP contribution in [-0.4, -0.2) is 16.5 Å². The Morgan fingerprint density at radius 1 is 0.939 bits per heavy atom. The molecule has 0 amide bonds. The molecule has 3 N–H and O–H groups in total. The molecule has 0 saturated heterocycles. The third kappa shape index (κ3) is 4.42. The summed E-state index contributed by atoms with van der Waals surface area (Å²) < 4.78 is 82.1. The van der Waals surface area contributed by atoms with E-state index in [9.17, 15) is 26.3 Å². The summed E-state index contributed by atoms with van der Waals surface area (Å²) in [6, 6.07) is 9.78. The minimum absolute atomic E-state index is 0.195. The summed E-state index contributed by atoms with van der Waals surface area (Å²) in [5, 5.41) is 0.457. The molecule has 3 nitrogen and oxygen atoms in total. The molecule has 9 heteroatoms. The number of fused-ring (bicyclic) bond motifs is 2. The van der Waals surface area contributed by atoms with Crippen LogP contribution < -0.4 is 5.73 Å². The maximum absolute atomic E-state index is 14.0. The van der Waals surface area contributed by atoms with Crippen LogP contribution in [0.25, 0.3) is 33.1 Å². The number of H-pyrrole nitrogens is 1. The number of pyridine rings is 1. The molecule has 2 aromatic heterocycles. The normalized spacial score (nSPS) is 12.7. The van der Waals surface area contributed by atoms with Crippen molar-refractivity contribution < 1.29 is 26.3 Å². The van der Waals surface area contributed by atoms with Gasteiger partial charge in [0.2, 0.25) is 0 Å². The molecule has 0 fully saturated rings. The molecule has 2 aromatic carbocycles. The van der Waals surface area contributed by atoms with Crippen molar-refractivity contribution in [2.75, 3.05) is 6.54 Å². The van der Waals surface area contributed by atoms with Crippen LogP contribution in [0.5, 0.6) is 0 Å². The van der Waals surface area contributed by atoms with Crippen molar-refractivity contribution in [1.29, 1.82) is 0 Å². The number of benzene rings is 2. The first kappa shape index (κ1) is 23.1. The molecule has 0 aliphatic heterocycles. The summed E-state index contributed by atoms with van der Waals surface area (Å²) >= 11 is 0. The number of nitrogens with two attached hydrogens (primary N) is 1. The van der Waals surface area contributed by atoms with E-state index in [4.69, 9.17) is 5.73 Å². The van der Waals surface area contributed by atoms with E-state index in [0.717, 1.165) is 11.8 Å². The van der Waals surface area contributed by atoms with E-state index < -0.39 is 23.5 Å². The van der Waals surface area contributed by atoms with Crippen molar-refractivity contribution >= 4 is 21.8 Å². The monoisotopic (exact) mass is 465 g/mol. The molecule has 0 atom stereocenters. The van der Waals surface area contributed by atoms with E-state index in [1.807, 2.05) is 13.0 Å². The van der Waals surface area contributed by atoms with Crippen molar-refractivity contribution in [3.63, 3.8) is 0 Å². The number of aromatic amines is 1. The van der Waals surface area contributed by atoms with Crippen LogP contribution in [0.15, 0.2) is 42.5 Å². The lowest BCUT2D eigenvalue weighted by Gasteiger charge is -2.14. The van der Waals surface area contributed by atoms with Gasteiger partial charge < -0.3 is 10.7 Å². The van der Waals surface area contributed by atoms with Crippen molar-refractivity contribution in [3.05, 3.63) is 64.8 Å². The second-order valence-electron chi connectivity index (χ2n) is 7.99. The largest absolute Gasteiger partial charge is 0.417 e. The maximum Gasteiger partial charge on any atom is 0.417 e. The van der Waals surface area contributed by atoms with Gasteiger partial charge in [0.1, 0.15) is 0 Å². The first-order chi connectivity index (χ1) is 15.5. The molecular formula is C24H21F6N3. The molecule has 2 heterocycles. The number of nitrogens with one attached hydrogen (secondary N) is 1. The number of rotatable bonds is 5. The maximum atomic E-state index is 14.0. The van der Waals surface area contributed by atoms with Crippen LogP contribution >= 0.6 is 0 Å². The van der Waals surface area contributed by atoms with E-state index in [-0.39, 0.29) is 23.4 Å². The standard InChI is InChI=1S/C24H21F6N3/c1-13-8-9-15-16(6-4-7-19(15)32-13)22-17(5-2-3-10-31)21-18(24(28,29)30)11-14(23(25,26)27)12-20(21)33-22/h4,6-9,11-12,33H,2-3,5,10,31H2,1H3. The van der Waals surface area contributed by atoms with Gasteiger partial charge in [0.25, 0.3) is 0 Å². The van der Waals surface area contributed by atoms with Gasteiger partial charge in [0.05, 0.1) is 22.3 Å². The Morgan fingerprint density at radius 2 is 1.70 bits per heavy atom. The lowest BCUT2D eigenvalue weighted by Crippen LogP contribution is -2.11. The molecular weight excluding hydrogens is 444 g/mol. The van der Waals surface area contributed by atoms with E-state index in [2.05, 4.69) is 9.97 Å². The average molecular weight is 465 g/mol. The second kappa shape index (κ2) is 8.37. The topological polar surface area (TPSA) is 54.7 Å². The summed E-state index contributed by atoms with van der Waals surface area (Å²) in [4.78, 5) is 7.34. The number of halogens is 6. The van der Waals surface area contributed by atoms with E-state index in [1.54, 1.807) is 24.3 Å². The highest BCUT2D eigenvalue weighted by atomic mass is 19.4. The zero-order valence-electron chi connectivity index (χ0n) is 17.7. The Balaban J connectivity index is 2.07. The Morgan fingerprint density at radius 3 is 2.36 bits per heavy atom. The van der Waals surface area contributed by atoms with Crippen LogP contribution in [0.4, 0.5) is 26.3 Å². The molecule has 0 radical (unpaired) electrons. The molecule has 4 rings (SSSR count). The third-order valence-corrected chi connectivity index (χ3v) is 5.66. The van der Waals surface area contributed by atoms with Gasteiger partial charge >= 0.3 is 12.4 Å². The van der Waals surface area contributed by atoms with Crippen LogP contribution in [0.3, 0.4) is 0 Å². The fourth-order valence-electron chi connectivity index (χ4n) is 4.19. The van der Waals surface area contributed by atoms with Crippen molar-refractivity contribution in [3.8, 4) is 11.3 Å². The zero-order chi connectivity index (χ0) is 24.0. The van der Waals surface area contributed by atoms with Crippen LogP contribution in [-0.2, 0) is 18.8 Å². The van der Waals surface area contributed by atoms with Gasteiger partial charge in [-0.05, 0) is 62.6 Å². The molecule has 174 valence electrons. The quantitative estimate of drug-likeness (QED) is 0.246. The van der Waals surface area contributed by atoms with Gasteiger partial charge in [-0.1, -0.05) is 18.2 Å². The first-order valence-corrected chi connectivity index (χ1v) is 10.4. The fourth-order valence-corrected chi connectivity index (χ4v) is 4.19. The van der Waals surface area contributed by atoms with Gasteiger partial charge in [-0.25, -0.2) is 0 Å². The molecule has 33 heavy (non-hydrogen) atoms. The summed E-state index contributed by atoms with van der Waals surface area (Å²) in [6.07, 6.45) is -8.57. The Labute approximate surface area is 185 Å². The highest BCUT2D eigenvalue weighted by Crippen LogP contribution is 2.44. The molecule has 0 aliphatic carbocycles. The van der Waals surface area contributed by atoms with Crippen molar-refractivity contribution in [1.82, 2.24) is 9.97 Å². The smallest absolute Gasteiger partial charge is 0.354 e. The Bertz CT molecular complexity index is 1320. The number of unbranched alkanes of at least 4 members (excludes halogenated alkanes) is 1. The minimum Gasteiger partial charge on any atom is -0.354 e. The van der Waals surface area contributed by atoms with E-state index in [1.165, 1.54) is 0 Å². The summed E-state index contributed by atoms with van der Waals surface area (Å²) in [5.41, 5.74) is 5.41. The molecule has 0 saturated carbocycles. The van der Waals surface area contributed by atoms with Crippen molar-refractivity contribution in [2.24, 2.45) is 5.73 Å². The lowest BCUT2D eigenvalue weighted by atomic mass is 9.94. The van der Waals surface area contributed by atoms with Gasteiger partial charge in [-0.3, -0.25) is 4.98 Å². The lowest BCUT2D eigenvalue weighted by molar-refractivity contribution is -0.142. The van der Waals surface area contributed by atoms with Crippen LogP contribution in [0.1, 0.15) is 35.2 Å². The van der Waals surface area contributed by atoms with Crippen molar-refractivity contribution in [2.45, 2.75) is 38.5 Å². The molecule has 0 unspecified atom stereocenters. The van der Waals surface area contributed by atoms with Gasteiger partial charge in [0, 0.05) is 27.5 Å². The van der Waals surface area contributed by atoms with Gasteiger partial charge in [-0.15, -0.1) is 0 Å². The Kier molecular flexibility index (Phi) is 5.86. The number of aryl methyl sites for hydroxylation is 2. The van der Waals surface area contributed by atoms with Gasteiger partial charge in [0.15, 0.2) is 0 Å². The number of hydrogen-bond donors (Lipinski definition) is 2. The SMILES string of the molecule is Cc1ccc2c(-c3[nH]c4cc(C(F)(F)F)cc(C(F)(F)F)c4c3CCCCN)cccc2n1. The molecule has 0 bridgehead atoms. The third-order valence-electron chi connectivity index (χ3n) is 5.66. The number of aromatic nitrogens is 2. The zero-order valence-corrected chi connectivity index (χ0v) is 17.7. The fraction of sp³-hybridized carbons (Fsp3) is 0.292. The summed E-state index contributed by atoms with van der Waals surface area (Å²) in [7, 11) is 0. The number of nitrogens with zero attached hydrogens (tertiary/aromatic N) is 1. The van der Waals surface area contributed by atoms with Crippen LogP contribution in [0.2, 0.25) is 0 Å². The molecule has 0 spiro atoms. The number of alkyl halides is 6. The van der Waals surface area contributed by atoms with Gasteiger partial charge in [-0.2, -0.15) is 26.3 Å². The van der Waals surface area contributed by atoms with E-state index in [0.29, 0.717) is 47.1 Å². The summed E-state index contributed by atoms with van der Waals surface area (Å²) in [6.45, 7) is 2.18.